The summed E-state index contributed by atoms with van der Waals surface area (Å²) in [5.74, 6) is 0.974. The molecule has 11 heavy (non-hydrogen) atoms. The molecular weight excluding hydrogens is 162 g/mol. The van der Waals surface area contributed by atoms with Crippen LogP contribution in [-0.2, 0) is 13.1 Å². The van der Waals surface area contributed by atoms with Crippen molar-refractivity contribution in [3.8, 4) is 0 Å². The van der Waals surface area contributed by atoms with Gasteiger partial charge in [-0.25, -0.2) is 4.98 Å². The van der Waals surface area contributed by atoms with Crippen molar-refractivity contribution in [2.45, 2.75) is 26.4 Å². The molecule has 0 aliphatic rings. The summed E-state index contributed by atoms with van der Waals surface area (Å²) in [6.07, 6.45) is 4.88. The highest BCUT2D eigenvalue weighted by Gasteiger charge is 1.96. The Morgan fingerprint density at radius 2 is 2.36 bits per heavy atom. The molecule has 1 aromatic heterocycles. The Morgan fingerprint density at radius 1 is 1.64 bits per heavy atom. The third-order valence-electron chi connectivity index (χ3n) is 1.45. The van der Waals surface area contributed by atoms with Crippen molar-refractivity contribution in [1.29, 1.82) is 0 Å². The molecule has 1 heterocycles. The number of rotatable bonds is 3. The van der Waals surface area contributed by atoms with Crippen LogP contribution in [0.3, 0.4) is 0 Å². The molecule has 0 aromatic carbocycles. The SMILES string of the molecule is CCCn1ccnc1CN.Cl. The monoisotopic (exact) mass is 175 g/mol. The molecule has 0 fully saturated rings. The van der Waals surface area contributed by atoms with E-state index in [0.717, 1.165) is 18.8 Å². The van der Waals surface area contributed by atoms with Crippen LogP contribution in [-0.4, -0.2) is 9.55 Å². The summed E-state index contributed by atoms with van der Waals surface area (Å²) >= 11 is 0. The number of hydrogen-bond acceptors (Lipinski definition) is 2. The van der Waals surface area contributed by atoms with E-state index >= 15 is 0 Å². The number of nitrogens with zero attached hydrogens (tertiary/aromatic N) is 2. The van der Waals surface area contributed by atoms with Crippen molar-refractivity contribution in [2.75, 3.05) is 0 Å². The Balaban J connectivity index is 0.000001000. The van der Waals surface area contributed by atoms with Gasteiger partial charge >= 0.3 is 0 Å². The summed E-state index contributed by atoms with van der Waals surface area (Å²) in [5.41, 5.74) is 5.44. The molecule has 0 radical (unpaired) electrons. The van der Waals surface area contributed by atoms with Crippen molar-refractivity contribution < 1.29 is 0 Å². The Labute approximate surface area is 73.0 Å². The van der Waals surface area contributed by atoms with Crippen LogP contribution < -0.4 is 5.73 Å². The maximum absolute atomic E-state index is 5.44. The lowest BCUT2D eigenvalue weighted by Gasteiger charge is -2.01. The van der Waals surface area contributed by atoms with E-state index < -0.39 is 0 Å². The molecule has 0 atom stereocenters. The molecule has 0 saturated heterocycles. The zero-order chi connectivity index (χ0) is 7.40. The number of imidazole rings is 1. The number of hydrogen-bond donors (Lipinski definition) is 1. The van der Waals surface area contributed by atoms with E-state index in [-0.39, 0.29) is 12.4 Å². The maximum atomic E-state index is 5.44. The quantitative estimate of drug-likeness (QED) is 0.750. The molecule has 2 N–H and O–H groups in total. The van der Waals surface area contributed by atoms with Crippen LogP contribution in [0.5, 0.6) is 0 Å². The van der Waals surface area contributed by atoms with E-state index in [9.17, 15) is 0 Å². The van der Waals surface area contributed by atoms with Crippen molar-refractivity contribution >= 4 is 12.4 Å². The summed E-state index contributed by atoms with van der Waals surface area (Å²) in [6.45, 7) is 3.69. The fourth-order valence-corrected chi connectivity index (χ4v) is 0.974. The first-order valence-electron chi connectivity index (χ1n) is 3.58. The van der Waals surface area contributed by atoms with Crippen molar-refractivity contribution in [2.24, 2.45) is 5.73 Å². The molecule has 1 rings (SSSR count). The van der Waals surface area contributed by atoms with Crippen molar-refractivity contribution in [3.63, 3.8) is 0 Å². The van der Waals surface area contributed by atoms with Gasteiger partial charge in [0, 0.05) is 18.9 Å². The summed E-state index contributed by atoms with van der Waals surface area (Å²) < 4.78 is 2.08. The van der Waals surface area contributed by atoms with Crippen LogP contribution in [0.2, 0.25) is 0 Å². The summed E-state index contributed by atoms with van der Waals surface area (Å²) in [5, 5.41) is 0. The summed E-state index contributed by atoms with van der Waals surface area (Å²) in [7, 11) is 0. The molecule has 4 heteroatoms. The van der Waals surface area contributed by atoms with E-state index in [1.807, 2.05) is 6.20 Å². The Morgan fingerprint density at radius 3 is 2.91 bits per heavy atom. The van der Waals surface area contributed by atoms with Gasteiger partial charge in [-0.3, -0.25) is 0 Å². The highest BCUT2D eigenvalue weighted by molar-refractivity contribution is 5.85. The van der Waals surface area contributed by atoms with E-state index in [1.165, 1.54) is 0 Å². The highest BCUT2D eigenvalue weighted by Crippen LogP contribution is 1.96. The Hall–Kier alpha value is -0.540. The zero-order valence-corrected chi connectivity index (χ0v) is 7.47. The molecule has 1 aromatic rings. The van der Waals surface area contributed by atoms with Crippen LogP contribution in [0.4, 0.5) is 0 Å². The predicted molar refractivity (Wildman–Crippen MR) is 47.7 cm³/mol. The lowest BCUT2D eigenvalue weighted by Crippen LogP contribution is -2.07. The highest BCUT2D eigenvalue weighted by atomic mass is 35.5. The van der Waals surface area contributed by atoms with Gasteiger partial charge in [0.2, 0.25) is 0 Å². The smallest absolute Gasteiger partial charge is 0.122 e. The van der Waals surface area contributed by atoms with Crippen LogP contribution in [0.25, 0.3) is 0 Å². The predicted octanol–water partition coefficient (Wildman–Crippen LogP) is 1.17. The van der Waals surface area contributed by atoms with Gasteiger partial charge < -0.3 is 10.3 Å². The fourth-order valence-electron chi connectivity index (χ4n) is 0.974. The third kappa shape index (κ3) is 2.52. The molecule has 0 unspecified atom stereocenters. The van der Waals surface area contributed by atoms with Crippen molar-refractivity contribution in [3.05, 3.63) is 18.2 Å². The standard InChI is InChI=1S/C7H13N3.ClH/c1-2-4-10-5-3-9-7(10)6-8;/h3,5H,2,4,6,8H2,1H3;1H. The van der Waals surface area contributed by atoms with Gasteiger partial charge in [-0.05, 0) is 6.42 Å². The molecule has 0 aliphatic heterocycles. The minimum Gasteiger partial charge on any atom is -0.334 e. The minimum absolute atomic E-state index is 0. The average Bonchev–Trinajstić information content (AvgIpc) is 2.36. The lowest BCUT2D eigenvalue weighted by atomic mass is 10.4. The second kappa shape index (κ2) is 5.16. The van der Waals surface area contributed by atoms with Gasteiger partial charge in [-0.2, -0.15) is 0 Å². The fraction of sp³-hybridized carbons (Fsp3) is 0.571. The minimum atomic E-state index is 0. The van der Waals surface area contributed by atoms with Gasteiger partial charge in [0.25, 0.3) is 0 Å². The van der Waals surface area contributed by atoms with Crippen LogP contribution >= 0.6 is 12.4 Å². The first kappa shape index (κ1) is 10.5. The van der Waals surface area contributed by atoms with Crippen LogP contribution in [0.15, 0.2) is 12.4 Å². The number of aryl methyl sites for hydroxylation is 1. The first-order valence-corrected chi connectivity index (χ1v) is 3.58. The molecule has 0 spiro atoms. The molecular formula is C7H14ClN3. The van der Waals surface area contributed by atoms with E-state index in [2.05, 4.69) is 16.5 Å². The largest absolute Gasteiger partial charge is 0.334 e. The zero-order valence-electron chi connectivity index (χ0n) is 6.66. The topological polar surface area (TPSA) is 43.8 Å². The second-order valence-corrected chi connectivity index (χ2v) is 2.24. The van der Waals surface area contributed by atoms with Crippen LogP contribution in [0.1, 0.15) is 19.2 Å². The van der Waals surface area contributed by atoms with Gasteiger partial charge in [0.15, 0.2) is 0 Å². The van der Waals surface area contributed by atoms with Gasteiger partial charge in [-0.15, -0.1) is 12.4 Å². The molecule has 3 nitrogen and oxygen atoms in total. The van der Waals surface area contributed by atoms with E-state index in [0.29, 0.717) is 6.54 Å². The Kier molecular flexibility index (Phi) is 4.90. The molecule has 0 saturated carbocycles. The molecule has 0 amide bonds. The van der Waals surface area contributed by atoms with Gasteiger partial charge in [-0.1, -0.05) is 6.92 Å². The van der Waals surface area contributed by atoms with E-state index in [1.54, 1.807) is 6.20 Å². The molecule has 0 aliphatic carbocycles. The molecule has 64 valence electrons. The maximum Gasteiger partial charge on any atom is 0.122 e. The first-order chi connectivity index (χ1) is 4.88. The summed E-state index contributed by atoms with van der Waals surface area (Å²) in [6, 6.07) is 0. The van der Waals surface area contributed by atoms with E-state index in [4.69, 9.17) is 5.73 Å². The molecule has 0 bridgehead atoms. The third-order valence-corrected chi connectivity index (χ3v) is 1.45. The lowest BCUT2D eigenvalue weighted by molar-refractivity contribution is 0.638. The van der Waals surface area contributed by atoms with Gasteiger partial charge in [0.05, 0.1) is 6.54 Å². The number of aromatic nitrogens is 2. The van der Waals surface area contributed by atoms with Gasteiger partial charge in [0.1, 0.15) is 5.82 Å². The second-order valence-electron chi connectivity index (χ2n) is 2.24. The van der Waals surface area contributed by atoms with Crippen LogP contribution in [0, 0.1) is 0 Å². The average molecular weight is 176 g/mol. The van der Waals surface area contributed by atoms with Crippen molar-refractivity contribution in [1.82, 2.24) is 9.55 Å². The summed E-state index contributed by atoms with van der Waals surface area (Å²) in [4.78, 5) is 4.09. The number of halogens is 1. The number of nitrogens with two attached hydrogens (primary N) is 1. The normalized spacial score (nSPS) is 9.27. The Bertz CT molecular complexity index is 197.